The SMILES string of the molecule is CC[C@@H](COC(C)=O)Nc1ccc(C#N)cc1N. The van der Waals surface area contributed by atoms with Crippen LogP contribution in [0.25, 0.3) is 0 Å². The van der Waals surface area contributed by atoms with Gasteiger partial charge in [0.1, 0.15) is 6.61 Å². The van der Waals surface area contributed by atoms with Crippen molar-refractivity contribution in [2.75, 3.05) is 17.7 Å². The Bertz CT molecular complexity index is 466. The first kappa shape index (κ1) is 13.8. The van der Waals surface area contributed by atoms with Crippen molar-refractivity contribution in [3.63, 3.8) is 0 Å². The van der Waals surface area contributed by atoms with Gasteiger partial charge in [0.15, 0.2) is 0 Å². The summed E-state index contributed by atoms with van der Waals surface area (Å²) in [6.45, 7) is 3.66. The first-order valence-electron chi connectivity index (χ1n) is 5.76. The molecule has 5 heteroatoms. The number of ether oxygens (including phenoxy) is 1. The van der Waals surface area contributed by atoms with Crippen LogP contribution in [0.4, 0.5) is 11.4 Å². The number of nitrogens with zero attached hydrogens (tertiary/aromatic N) is 1. The lowest BCUT2D eigenvalue weighted by Crippen LogP contribution is -2.26. The molecule has 0 aromatic heterocycles. The Hall–Kier alpha value is -2.22. The van der Waals surface area contributed by atoms with E-state index >= 15 is 0 Å². The normalized spacial score (nSPS) is 11.4. The van der Waals surface area contributed by atoms with Gasteiger partial charge in [-0.1, -0.05) is 6.92 Å². The molecule has 18 heavy (non-hydrogen) atoms. The van der Waals surface area contributed by atoms with Gasteiger partial charge in [0.25, 0.3) is 0 Å². The van der Waals surface area contributed by atoms with Gasteiger partial charge in [-0.05, 0) is 24.6 Å². The van der Waals surface area contributed by atoms with Crippen LogP contribution in [0, 0.1) is 11.3 Å². The molecule has 0 saturated heterocycles. The second-order valence-corrected chi connectivity index (χ2v) is 3.97. The minimum atomic E-state index is -0.303. The summed E-state index contributed by atoms with van der Waals surface area (Å²) in [5.41, 5.74) is 7.61. The smallest absolute Gasteiger partial charge is 0.302 e. The van der Waals surface area contributed by atoms with Crippen LogP contribution < -0.4 is 11.1 Å². The van der Waals surface area contributed by atoms with Gasteiger partial charge in [0.2, 0.25) is 0 Å². The molecule has 0 bridgehead atoms. The summed E-state index contributed by atoms with van der Waals surface area (Å²) in [5.74, 6) is -0.303. The van der Waals surface area contributed by atoms with Gasteiger partial charge in [0.05, 0.1) is 29.0 Å². The Morgan fingerprint density at radius 1 is 1.61 bits per heavy atom. The minimum Gasteiger partial charge on any atom is -0.464 e. The summed E-state index contributed by atoms with van der Waals surface area (Å²) >= 11 is 0. The van der Waals surface area contributed by atoms with Gasteiger partial charge < -0.3 is 15.8 Å². The van der Waals surface area contributed by atoms with Crippen LogP contribution >= 0.6 is 0 Å². The number of rotatable bonds is 5. The maximum absolute atomic E-state index is 10.8. The second-order valence-electron chi connectivity index (χ2n) is 3.97. The topological polar surface area (TPSA) is 88.1 Å². The summed E-state index contributed by atoms with van der Waals surface area (Å²) in [6, 6.07) is 7.09. The van der Waals surface area contributed by atoms with Crippen LogP contribution in [0.3, 0.4) is 0 Å². The number of nitrogens with one attached hydrogen (secondary N) is 1. The third-order valence-corrected chi connectivity index (χ3v) is 2.52. The largest absolute Gasteiger partial charge is 0.464 e. The maximum atomic E-state index is 10.8. The Morgan fingerprint density at radius 2 is 2.33 bits per heavy atom. The van der Waals surface area contributed by atoms with E-state index in [-0.39, 0.29) is 12.0 Å². The molecule has 0 aliphatic rings. The van der Waals surface area contributed by atoms with E-state index in [1.165, 1.54) is 6.92 Å². The third kappa shape index (κ3) is 3.98. The highest BCUT2D eigenvalue weighted by Gasteiger charge is 2.10. The van der Waals surface area contributed by atoms with Gasteiger partial charge in [0, 0.05) is 6.92 Å². The Balaban J connectivity index is 2.70. The summed E-state index contributed by atoms with van der Waals surface area (Å²) in [4.78, 5) is 10.8. The fourth-order valence-corrected chi connectivity index (χ4v) is 1.46. The number of anilines is 2. The number of carbonyl (C=O) groups excluding carboxylic acids is 1. The van der Waals surface area contributed by atoms with Crippen molar-refractivity contribution < 1.29 is 9.53 Å². The molecular weight excluding hydrogens is 230 g/mol. The van der Waals surface area contributed by atoms with Crippen LogP contribution in [0.2, 0.25) is 0 Å². The number of hydrogen-bond donors (Lipinski definition) is 2. The van der Waals surface area contributed by atoms with Crippen molar-refractivity contribution in [1.29, 1.82) is 5.26 Å². The molecule has 5 nitrogen and oxygen atoms in total. The number of hydrogen-bond acceptors (Lipinski definition) is 5. The molecule has 96 valence electrons. The highest BCUT2D eigenvalue weighted by molar-refractivity contribution is 5.69. The van der Waals surface area contributed by atoms with Gasteiger partial charge in [-0.15, -0.1) is 0 Å². The van der Waals surface area contributed by atoms with Crippen LogP contribution in [0.5, 0.6) is 0 Å². The average Bonchev–Trinajstić information content (AvgIpc) is 2.35. The molecule has 0 saturated carbocycles. The van der Waals surface area contributed by atoms with Gasteiger partial charge in [-0.3, -0.25) is 4.79 Å². The molecule has 1 rings (SSSR count). The minimum absolute atomic E-state index is 0.00383. The fraction of sp³-hybridized carbons (Fsp3) is 0.385. The van der Waals surface area contributed by atoms with E-state index in [1.807, 2.05) is 13.0 Å². The Morgan fingerprint density at radius 3 is 2.83 bits per heavy atom. The van der Waals surface area contributed by atoms with Crippen molar-refractivity contribution in [3.8, 4) is 6.07 Å². The molecule has 0 heterocycles. The average molecular weight is 247 g/mol. The third-order valence-electron chi connectivity index (χ3n) is 2.52. The van der Waals surface area contributed by atoms with E-state index in [2.05, 4.69) is 5.32 Å². The van der Waals surface area contributed by atoms with E-state index in [9.17, 15) is 4.79 Å². The molecule has 0 unspecified atom stereocenters. The predicted octanol–water partition coefficient (Wildman–Crippen LogP) is 1.89. The van der Waals surface area contributed by atoms with Gasteiger partial charge in [-0.2, -0.15) is 5.26 Å². The zero-order valence-electron chi connectivity index (χ0n) is 10.6. The first-order valence-corrected chi connectivity index (χ1v) is 5.76. The van der Waals surface area contributed by atoms with Crippen LogP contribution in [-0.4, -0.2) is 18.6 Å². The zero-order chi connectivity index (χ0) is 13.5. The lowest BCUT2D eigenvalue weighted by atomic mass is 10.1. The maximum Gasteiger partial charge on any atom is 0.302 e. The second kappa shape index (κ2) is 6.50. The molecular formula is C13H17N3O2. The summed E-state index contributed by atoms with van der Waals surface area (Å²) in [6.07, 6.45) is 0.798. The zero-order valence-corrected chi connectivity index (χ0v) is 10.6. The van der Waals surface area contributed by atoms with Crippen molar-refractivity contribution in [2.24, 2.45) is 0 Å². The lowest BCUT2D eigenvalue weighted by Gasteiger charge is -2.19. The van der Waals surface area contributed by atoms with Crippen LogP contribution in [0.1, 0.15) is 25.8 Å². The number of nitriles is 1. The Kier molecular flexibility index (Phi) is 5.00. The van der Waals surface area contributed by atoms with Crippen LogP contribution in [0.15, 0.2) is 18.2 Å². The van der Waals surface area contributed by atoms with Gasteiger partial charge in [-0.25, -0.2) is 0 Å². The van der Waals surface area contributed by atoms with Crippen molar-refractivity contribution in [1.82, 2.24) is 0 Å². The highest BCUT2D eigenvalue weighted by Crippen LogP contribution is 2.21. The van der Waals surface area contributed by atoms with Crippen LogP contribution in [-0.2, 0) is 9.53 Å². The lowest BCUT2D eigenvalue weighted by molar-refractivity contribution is -0.141. The molecule has 0 aliphatic carbocycles. The van der Waals surface area contributed by atoms with E-state index in [0.717, 1.165) is 12.1 Å². The van der Waals surface area contributed by atoms with Crippen molar-refractivity contribution in [3.05, 3.63) is 23.8 Å². The van der Waals surface area contributed by atoms with Gasteiger partial charge >= 0.3 is 5.97 Å². The first-order chi connectivity index (χ1) is 8.56. The molecule has 0 fully saturated rings. The summed E-state index contributed by atoms with van der Waals surface area (Å²) in [5, 5.41) is 11.9. The number of carbonyl (C=O) groups is 1. The number of benzene rings is 1. The molecule has 0 spiro atoms. The molecule has 0 amide bonds. The molecule has 0 aliphatic heterocycles. The van der Waals surface area contributed by atoms with E-state index < -0.39 is 0 Å². The van der Waals surface area contributed by atoms with E-state index in [1.54, 1.807) is 18.2 Å². The van der Waals surface area contributed by atoms with E-state index in [4.69, 9.17) is 15.7 Å². The molecule has 1 aromatic rings. The fourth-order valence-electron chi connectivity index (χ4n) is 1.46. The summed E-state index contributed by atoms with van der Waals surface area (Å²) < 4.78 is 4.96. The predicted molar refractivity (Wildman–Crippen MR) is 69.9 cm³/mol. The number of esters is 1. The molecule has 1 aromatic carbocycles. The summed E-state index contributed by atoms with van der Waals surface area (Å²) in [7, 11) is 0. The molecule has 3 N–H and O–H groups in total. The van der Waals surface area contributed by atoms with Crippen molar-refractivity contribution >= 4 is 17.3 Å². The van der Waals surface area contributed by atoms with E-state index in [0.29, 0.717) is 17.9 Å². The molecule has 1 atom stereocenters. The number of nitrogens with two attached hydrogens (primary N) is 1. The Labute approximate surface area is 107 Å². The quantitative estimate of drug-likeness (QED) is 0.612. The monoisotopic (exact) mass is 247 g/mol. The number of nitrogen functional groups attached to an aromatic ring is 1. The highest BCUT2D eigenvalue weighted by atomic mass is 16.5. The standard InChI is InChI=1S/C13H17N3O2/c1-3-11(8-18-9(2)17)16-13-5-4-10(7-14)6-12(13)15/h4-6,11,16H,3,8,15H2,1-2H3/t11-/m0/s1. The molecule has 0 radical (unpaired) electrons. The van der Waals surface area contributed by atoms with Crippen molar-refractivity contribution in [2.45, 2.75) is 26.3 Å².